The first-order valence-corrected chi connectivity index (χ1v) is 10.4. The van der Waals surface area contributed by atoms with Gasteiger partial charge in [0.25, 0.3) is 11.6 Å². The number of nitro groups is 1. The lowest BCUT2D eigenvalue weighted by Gasteiger charge is -2.10. The molecule has 0 radical (unpaired) electrons. The van der Waals surface area contributed by atoms with E-state index in [1.807, 2.05) is 37.5 Å². The van der Waals surface area contributed by atoms with Gasteiger partial charge in [-0.1, -0.05) is 11.6 Å². The topological polar surface area (TPSA) is 110 Å². The summed E-state index contributed by atoms with van der Waals surface area (Å²) < 4.78 is 7.23. The van der Waals surface area contributed by atoms with Crippen molar-refractivity contribution in [1.82, 2.24) is 4.57 Å². The van der Waals surface area contributed by atoms with E-state index in [1.54, 1.807) is 30.3 Å². The van der Waals surface area contributed by atoms with Gasteiger partial charge in [0.2, 0.25) is 0 Å². The number of amides is 1. The van der Waals surface area contributed by atoms with Crippen molar-refractivity contribution in [3.8, 4) is 17.5 Å². The number of nitriles is 1. The van der Waals surface area contributed by atoms with Crippen LogP contribution in [0.2, 0.25) is 5.02 Å². The second kappa shape index (κ2) is 10.0. The zero-order valence-electron chi connectivity index (χ0n) is 18.3. The molecule has 0 bridgehead atoms. The average molecular weight is 465 g/mol. The van der Waals surface area contributed by atoms with Gasteiger partial charge in [-0.2, -0.15) is 5.26 Å². The second-order valence-electron chi connectivity index (χ2n) is 7.14. The van der Waals surface area contributed by atoms with E-state index in [1.165, 1.54) is 18.2 Å². The number of nitrogens with zero attached hydrogens (tertiary/aromatic N) is 3. The summed E-state index contributed by atoms with van der Waals surface area (Å²) in [6, 6.07) is 15.1. The van der Waals surface area contributed by atoms with E-state index < -0.39 is 10.8 Å². The molecule has 0 saturated heterocycles. The van der Waals surface area contributed by atoms with Crippen LogP contribution in [0.25, 0.3) is 11.8 Å². The van der Waals surface area contributed by atoms with Crippen molar-refractivity contribution < 1.29 is 14.5 Å². The minimum atomic E-state index is -0.544. The van der Waals surface area contributed by atoms with Crippen molar-refractivity contribution in [2.75, 3.05) is 11.9 Å². The van der Waals surface area contributed by atoms with Crippen LogP contribution >= 0.6 is 11.6 Å². The Morgan fingerprint density at radius 1 is 1.24 bits per heavy atom. The number of hydrogen-bond acceptors (Lipinski definition) is 5. The molecule has 0 aliphatic heterocycles. The fourth-order valence-electron chi connectivity index (χ4n) is 3.42. The van der Waals surface area contributed by atoms with Gasteiger partial charge in [0, 0.05) is 28.8 Å². The van der Waals surface area contributed by atoms with E-state index in [4.69, 9.17) is 16.3 Å². The zero-order valence-corrected chi connectivity index (χ0v) is 19.0. The summed E-state index contributed by atoms with van der Waals surface area (Å²) >= 11 is 6.07. The first kappa shape index (κ1) is 23.6. The Morgan fingerprint density at radius 3 is 2.52 bits per heavy atom. The number of aromatic nitrogens is 1. The molecule has 3 aromatic rings. The number of benzene rings is 2. The number of hydrogen-bond donors (Lipinski definition) is 1. The number of halogens is 1. The highest BCUT2D eigenvalue weighted by Gasteiger charge is 2.17. The first-order valence-electron chi connectivity index (χ1n) is 10.0. The van der Waals surface area contributed by atoms with Gasteiger partial charge in [-0.05, 0) is 74.9 Å². The van der Waals surface area contributed by atoms with Crippen LogP contribution in [-0.4, -0.2) is 22.0 Å². The highest BCUT2D eigenvalue weighted by molar-refractivity contribution is 6.32. The van der Waals surface area contributed by atoms with Crippen molar-refractivity contribution in [1.29, 1.82) is 5.26 Å². The minimum Gasteiger partial charge on any atom is -0.494 e. The Balaban J connectivity index is 1.89. The predicted octanol–water partition coefficient (Wildman–Crippen LogP) is 5.60. The summed E-state index contributed by atoms with van der Waals surface area (Å²) in [5.74, 6) is 0.148. The fourth-order valence-corrected chi connectivity index (χ4v) is 3.66. The number of nitro benzene ring substituents is 1. The van der Waals surface area contributed by atoms with Crippen molar-refractivity contribution in [2.24, 2.45) is 0 Å². The summed E-state index contributed by atoms with van der Waals surface area (Å²) in [6.07, 6.45) is 1.51. The van der Waals surface area contributed by atoms with Gasteiger partial charge in [0.15, 0.2) is 0 Å². The lowest BCUT2D eigenvalue weighted by molar-refractivity contribution is -0.384. The molecule has 1 heterocycles. The quantitative estimate of drug-likeness (QED) is 0.212. The molecule has 3 rings (SSSR count). The maximum absolute atomic E-state index is 12.7. The highest BCUT2D eigenvalue weighted by Crippen LogP contribution is 2.30. The molecule has 33 heavy (non-hydrogen) atoms. The van der Waals surface area contributed by atoms with Crippen molar-refractivity contribution >= 4 is 35.0 Å². The SMILES string of the molecule is CCOc1ccc(NC(=O)/C(C#N)=C\c2cc(C)n(-c3ccc([N+](=O)[O-])c(Cl)c3)c2C)cc1. The number of ether oxygens (including phenoxy) is 1. The molecule has 1 N–H and O–H groups in total. The number of anilines is 1. The van der Waals surface area contributed by atoms with E-state index in [0.717, 1.165) is 11.4 Å². The number of aryl methyl sites for hydroxylation is 1. The zero-order chi connectivity index (χ0) is 24.1. The second-order valence-corrected chi connectivity index (χ2v) is 7.54. The van der Waals surface area contributed by atoms with Gasteiger partial charge >= 0.3 is 0 Å². The van der Waals surface area contributed by atoms with Crippen LogP contribution < -0.4 is 10.1 Å². The molecule has 9 heteroatoms. The van der Waals surface area contributed by atoms with E-state index in [9.17, 15) is 20.2 Å². The molecule has 0 atom stereocenters. The third-order valence-corrected chi connectivity index (χ3v) is 5.25. The Kier molecular flexibility index (Phi) is 7.16. The van der Waals surface area contributed by atoms with Crippen LogP contribution in [0.4, 0.5) is 11.4 Å². The molecule has 0 spiro atoms. The normalized spacial score (nSPS) is 11.1. The third kappa shape index (κ3) is 5.22. The van der Waals surface area contributed by atoms with Crippen LogP contribution in [0.1, 0.15) is 23.9 Å². The molecule has 1 amide bonds. The van der Waals surface area contributed by atoms with Gasteiger partial charge in [-0.15, -0.1) is 0 Å². The van der Waals surface area contributed by atoms with Crippen LogP contribution in [0.5, 0.6) is 5.75 Å². The number of carbonyl (C=O) groups is 1. The number of rotatable bonds is 7. The average Bonchev–Trinajstić information content (AvgIpc) is 3.05. The van der Waals surface area contributed by atoms with E-state index in [-0.39, 0.29) is 16.3 Å². The highest BCUT2D eigenvalue weighted by atomic mass is 35.5. The Labute approximate surface area is 195 Å². The standard InChI is InChI=1S/C24H21ClN4O4/c1-4-33-21-8-5-19(6-9-21)27-24(30)18(14-26)12-17-11-15(2)28(16(17)3)20-7-10-23(29(31)32)22(25)13-20/h5-13H,4H2,1-3H3,(H,27,30)/b18-12-. The summed E-state index contributed by atoms with van der Waals surface area (Å²) in [6.45, 7) is 6.10. The molecule has 2 aromatic carbocycles. The van der Waals surface area contributed by atoms with Crippen molar-refractivity contribution in [3.63, 3.8) is 0 Å². The lowest BCUT2D eigenvalue weighted by Crippen LogP contribution is -2.13. The lowest BCUT2D eigenvalue weighted by atomic mass is 10.1. The maximum atomic E-state index is 12.7. The summed E-state index contributed by atoms with van der Waals surface area (Å²) in [4.78, 5) is 23.1. The Morgan fingerprint density at radius 2 is 1.94 bits per heavy atom. The maximum Gasteiger partial charge on any atom is 0.288 e. The van der Waals surface area contributed by atoms with E-state index in [0.29, 0.717) is 29.3 Å². The van der Waals surface area contributed by atoms with Gasteiger partial charge in [0.05, 0.1) is 11.5 Å². The monoisotopic (exact) mass is 464 g/mol. The molecular weight excluding hydrogens is 444 g/mol. The molecular formula is C24H21ClN4O4. The molecule has 1 aromatic heterocycles. The van der Waals surface area contributed by atoms with Crippen molar-refractivity contribution in [2.45, 2.75) is 20.8 Å². The van der Waals surface area contributed by atoms with Crippen LogP contribution in [-0.2, 0) is 4.79 Å². The fraction of sp³-hybridized carbons (Fsp3) is 0.167. The molecule has 0 saturated carbocycles. The number of carbonyl (C=O) groups excluding carboxylic acids is 1. The van der Waals surface area contributed by atoms with Crippen molar-refractivity contribution in [3.05, 3.63) is 86.2 Å². The van der Waals surface area contributed by atoms with Gasteiger partial charge in [-0.25, -0.2) is 0 Å². The smallest absolute Gasteiger partial charge is 0.288 e. The van der Waals surface area contributed by atoms with E-state index >= 15 is 0 Å². The summed E-state index contributed by atoms with van der Waals surface area (Å²) in [5.41, 5.74) is 3.16. The largest absolute Gasteiger partial charge is 0.494 e. The molecule has 0 aliphatic carbocycles. The van der Waals surface area contributed by atoms with E-state index in [2.05, 4.69) is 5.32 Å². The van der Waals surface area contributed by atoms with Gasteiger partial charge in [-0.3, -0.25) is 14.9 Å². The Hall–Kier alpha value is -4.09. The Bertz CT molecular complexity index is 1290. The van der Waals surface area contributed by atoms with Crippen LogP contribution in [0.15, 0.2) is 54.1 Å². The van der Waals surface area contributed by atoms with Gasteiger partial charge in [0.1, 0.15) is 22.4 Å². The molecule has 0 fully saturated rings. The third-order valence-electron chi connectivity index (χ3n) is 4.94. The molecule has 168 valence electrons. The number of nitrogens with one attached hydrogen (secondary N) is 1. The predicted molar refractivity (Wildman–Crippen MR) is 127 cm³/mol. The van der Waals surface area contributed by atoms with Crippen LogP contribution in [0.3, 0.4) is 0 Å². The van der Waals surface area contributed by atoms with Crippen LogP contribution in [0, 0.1) is 35.3 Å². The summed E-state index contributed by atoms with van der Waals surface area (Å²) in [5, 5.41) is 23.3. The molecule has 0 unspecified atom stereocenters. The van der Waals surface area contributed by atoms with Gasteiger partial charge < -0.3 is 14.6 Å². The minimum absolute atomic E-state index is 0.0227. The summed E-state index contributed by atoms with van der Waals surface area (Å²) in [7, 11) is 0. The molecule has 8 nitrogen and oxygen atoms in total. The first-order chi connectivity index (χ1) is 15.7. The molecule has 0 aliphatic rings.